The number of hydrogen-bond acceptors (Lipinski definition) is 5. The summed E-state index contributed by atoms with van der Waals surface area (Å²) in [5, 5.41) is 14.0. The number of carbonyl (C=O) groups excluding carboxylic acids is 2. The maximum Gasteiger partial charge on any atom is 0.407 e. The highest BCUT2D eigenvalue weighted by Gasteiger charge is 2.33. The molecule has 4 rings (SSSR count). The van der Waals surface area contributed by atoms with Gasteiger partial charge in [0.2, 0.25) is 5.91 Å². The molecule has 2 amide bonds. The zero-order valence-corrected chi connectivity index (χ0v) is 17.7. The molecule has 1 unspecified atom stereocenters. The number of hydrogen-bond donors (Lipinski definition) is 3. The van der Waals surface area contributed by atoms with Crippen LogP contribution in [-0.2, 0) is 19.1 Å². The Morgan fingerprint density at radius 1 is 1.09 bits per heavy atom. The average Bonchev–Trinajstić information content (AvgIpc) is 3.39. The van der Waals surface area contributed by atoms with E-state index in [0.717, 1.165) is 22.3 Å². The monoisotopic (exact) mass is 438 g/mol. The van der Waals surface area contributed by atoms with Crippen molar-refractivity contribution in [1.82, 2.24) is 10.6 Å². The molecule has 0 radical (unpaired) electrons. The van der Waals surface area contributed by atoms with Crippen molar-refractivity contribution >= 4 is 18.0 Å². The second-order valence-corrected chi connectivity index (χ2v) is 8.16. The van der Waals surface area contributed by atoms with Crippen LogP contribution in [0.1, 0.15) is 30.4 Å². The minimum Gasteiger partial charge on any atom is -0.480 e. The summed E-state index contributed by atoms with van der Waals surface area (Å²) in [7, 11) is 0. The van der Waals surface area contributed by atoms with Crippen LogP contribution in [0.15, 0.2) is 48.5 Å². The van der Waals surface area contributed by atoms with Gasteiger partial charge in [-0.2, -0.15) is 0 Å². The topological polar surface area (TPSA) is 114 Å². The van der Waals surface area contributed by atoms with Gasteiger partial charge in [0.15, 0.2) is 0 Å². The Bertz CT molecular complexity index is 978. The largest absolute Gasteiger partial charge is 0.480 e. The van der Waals surface area contributed by atoms with Crippen molar-refractivity contribution in [3.8, 4) is 11.1 Å². The van der Waals surface area contributed by atoms with Gasteiger partial charge in [-0.1, -0.05) is 48.5 Å². The van der Waals surface area contributed by atoms with Gasteiger partial charge in [-0.15, -0.1) is 0 Å². The molecule has 32 heavy (non-hydrogen) atoms. The number of aliphatic carboxylic acids is 1. The lowest BCUT2D eigenvalue weighted by Gasteiger charge is -2.16. The van der Waals surface area contributed by atoms with Gasteiger partial charge < -0.3 is 25.2 Å². The normalized spacial score (nSPS) is 20.2. The fourth-order valence-corrected chi connectivity index (χ4v) is 4.27. The Balaban J connectivity index is 1.25. The van der Waals surface area contributed by atoms with Gasteiger partial charge in [-0.25, -0.2) is 4.79 Å². The SMILES string of the molecule is CC(NC(=O)[C@@H]1CO[C@H](CNC(=O)OCC2c3ccccc3-c3ccccc32)C1)C(=O)O. The van der Waals surface area contributed by atoms with E-state index in [1.807, 2.05) is 24.3 Å². The number of ether oxygens (including phenoxy) is 2. The summed E-state index contributed by atoms with van der Waals surface area (Å²) in [6.45, 7) is 2.04. The van der Waals surface area contributed by atoms with Gasteiger partial charge in [0.25, 0.3) is 0 Å². The maximum atomic E-state index is 12.3. The number of carboxylic acid groups (broad SMARTS) is 1. The van der Waals surface area contributed by atoms with E-state index in [2.05, 4.69) is 34.9 Å². The first-order valence-electron chi connectivity index (χ1n) is 10.7. The first-order valence-corrected chi connectivity index (χ1v) is 10.7. The molecule has 0 aromatic heterocycles. The summed E-state index contributed by atoms with van der Waals surface area (Å²) < 4.78 is 11.1. The van der Waals surface area contributed by atoms with Gasteiger partial charge in [-0.3, -0.25) is 9.59 Å². The molecule has 2 aromatic carbocycles. The standard InChI is InChI=1S/C24H26N2O6/c1-14(23(28)29)26-22(27)15-10-16(31-12-15)11-25-24(30)32-13-21-19-8-4-2-6-17(19)18-7-3-5-9-20(18)21/h2-9,14-16,21H,10-13H2,1H3,(H,25,30)(H,26,27)(H,28,29)/t14?,15-,16-/m0/s1. The first-order chi connectivity index (χ1) is 15.4. The van der Waals surface area contributed by atoms with E-state index < -0.39 is 24.0 Å². The third-order valence-electron chi connectivity index (χ3n) is 6.00. The minimum absolute atomic E-state index is 0.0137. The zero-order valence-electron chi connectivity index (χ0n) is 17.7. The van der Waals surface area contributed by atoms with Crippen molar-refractivity contribution in [1.29, 1.82) is 0 Å². The van der Waals surface area contributed by atoms with Gasteiger partial charge in [0, 0.05) is 12.5 Å². The quantitative estimate of drug-likeness (QED) is 0.612. The van der Waals surface area contributed by atoms with Crippen LogP contribution in [0.5, 0.6) is 0 Å². The average molecular weight is 438 g/mol. The summed E-state index contributed by atoms with van der Waals surface area (Å²) >= 11 is 0. The number of carboxylic acids is 1. The lowest BCUT2D eigenvalue weighted by Crippen LogP contribution is -2.42. The zero-order chi connectivity index (χ0) is 22.7. The molecule has 3 N–H and O–H groups in total. The molecule has 168 valence electrons. The first kappa shape index (κ1) is 21.8. The van der Waals surface area contributed by atoms with Crippen LogP contribution >= 0.6 is 0 Å². The Hall–Kier alpha value is -3.39. The van der Waals surface area contributed by atoms with Crippen molar-refractivity contribution in [3.63, 3.8) is 0 Å². The van der Waals surface area contributed by atoms with Gasteiger partial charge in [-0.05, 0) is 35.6 Å². The van der Waals surface area contributed by atoms with E-state index in [-0.39, 0.29) is 37.7 Å². The van der Waals surface area contributed by atoms with Crippen LogP contribution < -0.4 is 10.6 Å². The lowest BCUT2D eigenvalue weighted by molar-refractivity contribution is -0.141. The highest BCUT2D eigenvalue weighted by atomic mass is 16.5. The van der Waals surface area contributed by atoms with E-state index in [1.165, 1.54) is 6.92 Å². The van der Waals surface area contributed by atoms with Crippen LogP contribution in [0.25, 0.3) is 11.1 Å². The molecule has 0 saturated carbocycles. The fraction of sp³-hybridized carbons (Fsp3) is 0.375. The molecule has 2 aliphatic rings. The molecular weight excluding hydrogens is 412 g/mol. The number of benzene rings is 2. The van der Waals surface area contributed by atoms with Crippen molar-refractivity contribution < 1.29 is 29.0 Å². The smallest absolute Gasteiger partial charge is 0.407 e. The molecule has 2 aromatic rings. The Morgan fingerprint density at radius 2 is 1.72 bits per heavy atom. The Morgan fingerprint density at radius 3 is 2.34 bits per heavy atom. The Labute approximate surface area is 185 Å². The van der Waals surface area contributed by atoms with Gasteiger partial charge >= 0.3 is 12.1 Å². The molecule has 1 heterocycles. The third kappa shape index (κ3) is 4.60. The maximum absolute atomic E-state index is 12.3. The summed E-state index contributed by atoms with van der Waals surface area (Å²) in [4.78, 5) is 35.3. The molecule has 0 bridgehead atoms. The second-order valence-electron chi connectivity index (χ2n) is 8.16. The van der Waals surface area contributed by atoms with E-state index in [4.69, 9.17) is 14.6 Å². The van der Waals surface area contributed by atoms with Crippen molar-refractivity contribution in [2.75, 3.05) is 19.8 Å². The lowest BCUT2D eigenvalue weighted by atomic mass is 9.98. The van der Waals surface area contributed by atoms with E-state index in [0.29, 0.717) is 6.42 Å². The molecular formula is C24H26N2O6. The third-order valence-corrected chi connectivity index (χ3v) is 6.00. The van der Waals surface area contributed by atoms with E-state index in [1.54, 1.807) is 0 Å². The molecule has 1 fully saturated rings. The highest BCUT2D eigenvalue weighted by molar-refractivity contribution is 5.85. The number of nitrogens with one attached hydrogen (secondary N) is 2. The number of alkyl carbamates (subject to hydrolysis) is 1. The Kier molecular flexibility index (Phi) is 6.41. The molecule has 1 aliphatic heterocycles. The summed E-state index contributed by atoms with van der Waals surface area (Å²) in [5.74, 6) is -1.90. The number of fused-ring (bicyclic) bond motifs is 3. The van der Waals surface area contributed by atoms with Crippen LogP contribution in [0.3, 0.4) is 0 Å². The molecule has 1 aliphatic carbocycles. The highest BCUT2D eigenvalue weighted by Crippen LogP contribution is 2.44. The molecule has 1 saturated heterocycles. The number of amides is 2. The predicted octanol–water partition coefficient (Wildman–Crippen LogP) is 2.52. The minimum atomic E-state index is -1.09. The molecule has 0 spiro atoms. The number of rotatable bonds is 7. The van der Waals surface area contributed by atoms with Crippen LogP contribution in [-0.4, -0.2) is 55.0 Å². The van der Waals surface area contributed by atoms with Crippen molar-refractivity contribution in [2.24, 2.45) is 5.92 Å². The van der Waals surface area contributed by atoms with Crippen molar-refractivity contribution in [3.05, 3.63) is 59.7 Å². The van der Waals surface area contributed by atoms with E-state index in [9.17, 15) is 14.4 Å². The predicted molar refractivity (Wildman–Crippen MR) is 116 cm³/mol. The molecule has 3 atom stereocenters. The second kappa shape index (κ2) is 9.40. The molecule has 8 heteroatoms. The van der Waals surface area contributed by atoms with E-state index >= 15 is 0 Å². The number of carbonyl (C=O) groups is 3. The van der Waals surface area contributed by atoms with Crippen LogP contribution in [0, 0.1) is 5.92 Å². The van der Waals surface area contributed by atoms with Gasteiger partial charge in [0.1, 0.15) is 12.6 Å². The van der Waals surface area contributed by atoms with Crippen LogP contribution in [0.4, 0.5) is 4.79 Å². The summed E-state index contributed by atoms with van der Waals surface area (Å²) in [6.07, 6.45) is -0.462. The summed E-state index contributed by atoms with van der Waals surface area (Å²) in [5.41, 5.74) is 4.62. The van der Waals surface area contributed by atoms with Crippen LogP contribution in [0.2, 0.25) is 0 Å². The molecule has 8 nitrogen and oxygen atoms in total. The van der Waals surface area contributed by atoms with Crippen molar-refractivity contribution in [2.45, 2.75) is 31.4 Å². The van der Waals surface area contributed by atoms with Gasteiger partial charge in [0.05, 0.1) is 18.6 Å². The fourth-order valence-electron chi connectivity index (χ4n) is 4.27. The summed E-state index contributed by atoms with van der Waals surface area (Å²) in [6, 6.07) is 15.3.